The van der Waals surface area contributed by atoms with E-state index < -0.39 is 0 Å². The van der Waals surface area contributed by atoms with Crippen molar-refractivity contribution in [2.24, 2.45) is 0 Å². The van der Waals surface area contributed by atoms with Gasteiger partial charge >= 0.3 is 0 Å². The Morgan fingerprint density at radius 3 is 2.28 bits per heavy atom. The number of ketones is 1. The van der Waals surface area contributed by atoms with Crippen LogP contribution in [0.2, 0.25) is 0 Å². The summed E-state index contributed by atoms with van der Waals surface area (Å²) in [7, 11) is 0. The smallest absolute Gasteiger partial charge is 0.224 e. The summed E-state index contributed by atoms with van der Waals surface area (Å²) in [5, 5.41) is 2.76. The van der Waals surface area contributed by atoms with Crippen LogP contribution in [0.5, 0.6) is 0 Å². The van der Waals surface area contributed by atoms with Gasteiger partial charge in [0.1, 0.15) is 0 Å². The van der Waals surface area contributed by atoms with Gasteiger partial charge in [0, 0.05) is 24.6 Å². The first kappa shape index (κ1) is 18.9. The second kappa shape index (κ2) is 9.79. The van der Waals surface area contributed by atoms with Crippen molar-refractivity contribution in [3.05, 3.63) is 65.7 Å². The molecule has 0 bridgehead atoms. The van der Waals surface area contributed by atoms with E-state index in [4.69, 9.17) is 0 Å². The first-order chi connectivity index (χ1) is 12.0. The molecule has 0 atom stereocenters. The topological polar surface area (TPSA) is 63.2 Å². The summed E-state index contributed by atoms with van der Waals surface area (Å²) in [5.74, 6) is 0.00337. The molecule has 0 saturated heterocycles. The molecule has 0 radical (unpaired) electrons. The number of carbonyl (C=O) groups is 3. The SMILES string of the molecule is CC(=O)SCC(=O)c1ccc(NC(=O)CCCc2ccccc2)cc1. The van der Waals surface area contributed by atoms with Crippen molar-refractivity contribution in [1.29, 1.82) is 0 Å². The van der Waals surface area contributed by atoms with E-state index in [1.807, 2.05) is 18.2 Å². The predicted octanol–water partition coefficient (Wildman–Crippen LogP) is 4.11. The number of hydrogen-bond donors (Lipinski definition) is 1. The van der Waals surface area contributed by atoms with Crippen LogP contribution in [-0.2, 0) is 16.0 Å². The average molecular weight is 355 g/mol. The van der Waals surface area contributed by atoms with Gasteiger partial charge in [0.15, 0.2) is 10.9 Å². The third-order valence-corrected chi connectivity index (χ3v) is 4.42. The van der Waals surface area contributed by atoms with Crippen molar-refractivity contribution in [3.8, 4) is 0 Å². The lowest BCUT2D eigenvalue weighted by molar-refractivity contribution is -0.116. The number of thioether (sulfide) groups is 1. The zero-order valence-electron chi connectivity index (χ0n) is 14.2. The van der Waals surface area contributed by atoms with Gasteiger partial charge in [-0.3, -0.25) is 14.4 Å². The number of nitrogens with one attached hydrogen (secondary N) is 1. The minimum absolute atomic E-state index is 0.0397. The van der Waals surface area contributed by atoms with Crippen LogP contribution in [0, 0.1) is 0 Å². The van der Waals surface area contributed by atoms with Gasteiger partial charge in [0.2, 0.25) is 5.91 Å². The van der Waals surface area contributed by atoms with Crippen molar-refractivity contribution in [3.63, 3.8) is 0 Å². The van der Waals surface area contributed by atoms with E-state index in [9.17, 15) is 14.4 Å². The highest BCUT2D eigenvalue weighted by Gasteiger charge is 2.08. The van der Waals surface area contributed by atoms with Crippen LogP contribution < -0.4 is 5.32 Å². The quantitative estimate of drug-likeness (QED) is 0.724. The van der Waals surface area contributed by atoms with Gasteiger partial charge in [-0.1, -0.05) is 42.1 Å². The van der Waals surface area contributed by atoms with Gasteiger partial charge in [-0.25, -0.2) is 0 Å². The minimum Gasteiger partial charge on any atom is -0.326 e. The van der Waals surface area contributed by atoms with Crippen LogP contribution in [0.15, 0.2) is 54.6 Å². The fourth-order valence-electron chi connectivity index (χ4n) is 2.31. The third-order valence-electron chi connectivity index (χ3n) is 3.61. The number of amides is 1. The minimum atomic E-state index is -0.0964. The summed E-state index contributed by atoms with van der Waals surface area (Å²) in [6, 6.07) is 16.8. The van der Waals surface area contributed by atoms with E-state index in [1.54, 1.807) is 24.3 Å². The maximum Gasteiger partial charge on any atom is 0.224 e. The molecular weight excluding hydrogens is 334 g/mol. The number of carbonyl (C=O) groups excluding carboxylic acids is 3. The van der Waals surface area contributed by atoms with Crippen LogP contribution >= 0.6 is 11.8 Å². The Morgan fingerprint density at radius 1 is 0.960 bits per heavy atom. The highest BCUT2D eigenvalue weighted by Crippen LogP contribution is 2.13. The molecule has 0 aliphatic carbocycles. The summed E-state index contributed by atoms with van der Waals surface area (Å²) in [6.07, 6.45) is 2.11. The third kappa shape index (κ3) is 6.93. The molecule has 0 aromatic heterocycles. The van der Waals surface area contributed by atoms with Gasteiger partial charge in [-0.2, -0.15) is 0 Å². The Balaban J connectivity index is 1.77. The molecular formula is C20H21NO3S. The first-order valence-corrected chi connectivity index (χ1v) is 9.13. The summed E-state index contributed by atoms with van der Waals surface area (Å²) in [5.41, 5.74) is 2.43. The lowest BCUT2D eigenvalue weighted by Gasteiger charge is -2.06. The summed E-state index contributed by atoms with van der Waals surface area (Å²) >= 11 is 0.998. The van der Waals surface area contributed by atoms with Crippen LogP contribution in [0.4, 0.5) is 5.69 Å². The molecule has 130 valence electrons. The molecule has 0 aliphatic heterocycles. The average Bonchev–Trinajstić information content (AvgIpc) is 2.61. The lowest BCUT2D eigenvalue weighted by Crippen LogP contribution is -2.12. The molecule has 0 heterocycles. The second-order valence-corrected chi connectivity index (χ2v) is 6.82. The highest BCUT2D eigenvalue weighted by atomic mass is 32.2. The Morgan fingerprint density at radius 2 is 1.64 bits per heavy atom. The first-order valence-electron chi connectivity index (χ1n) is 8.15. The molecule has 2 aromatic carbocycles. The highest BCUT2D eigenvalue weighted by molar-refractivity contribution is 8.14. The van der Waals surface area contributed by atoms with Crippen LogP contribution in [-0.4, -0.2) is 22.6 Å². The number of hydrogen-bond acceptors (Lipinski definition) is 4. The zero-order chi connectivity index (χ0) is 18.1. The molecule has 4 nitrogen and oxygen atoms in total. The van der Waals surface area contributed by atoms with E-state index >= 15 is 0 Å². The molecule has 0 aliphatic rings. The van der Waals surface area contributed by atoms with E-state index in [2.05, 4.69) is 17.4 Å². The number of anilines is 1. The van der Waals surface area contributed by atoms with Crippen LogP contribution in [0.3, 0.4) is 0 Å². The zero-order valence-corrected chi connectivity index (χ0v) is 15.0. The second-order valence-electron chi connectivity index (χ2n) is 5.67. The van der Waals surface area contributed by atoms with Gasteiger partial charge in [-0.05, 0) is 42.7 Å². The molecule has 1 N–H and O–H groups in total. The summed E-state index contributed by atoms with van der Waals surface area (Å²) in [6.45, 7) is 1.44. The monoisotopic (exact) mass is 355 g/mol. The molecule has 1 amide bonds. The van der Waals surface area contributed by atoms with Crippen molar-refractivity contribution in [1.82, 2.24) is 0 Å². The molecule has 0 saturated carbocycles. The van der Waals surface area contributed by atoms with E-state index in [1.165, 1.54) is 12.5 Å². The van der Waals surface area contributed by atoms with Gasteiger partial charge in [0.25, 0.3) is 0 Å². The molecule has 25 heavy (non-hydrogen) atoms. The van der Waals surface area contributed by atoms with Gasteiger partial charge in [-0.15, -0.1) is 0 Å². The maximum atomic E-state index is 12.0. The Kier molecular flexibility index (Phi) is 7.41. The molecule has 2 rings (SSSR count). The number of aryl methyl sites for hydroxylation is 1. The molecule has 2 aromatic rings. The number of benzene rings is 2. The largest absolute Gasteiger partial charge is 0.326 e. The lowest BCUT2D eigenvalue weighted by atomic mass is 10.1. The number of Topliss-reactive ketones (excluding diaryl/α,β-unsaturated/α-hetero) is 1. The predicted molar refractivity (Wildman–Crippen MR) is 102 cm³/mol. The molecule has 0 fully saturated rings. The van der Waals surface area contributed by atoms with Gasteiger partial charge in [0.05, 0.1) is 5.75 Å². The van der Waals surface area contributed by atoms with E-state index in [0.29, 0.717) is 17.7 Å². The fraction of sp³-hybridized carbons (Fsp3) is 0.250. The van der Waals surface area contributed by atoms with Crippen molar-refractivity contribution >= 4 is 34.3 Å². The number of rotatable bonds is 8. The summed E-state index contributed by atoms with van der Waals surface area (Å²) in [4.78, 5) is 34.8. The van der Waals surface area contributed by atoms with E-state index in [-0.39, 0.29) is 22.6 Å². The maximum absolute atomic E-state index is 12.0. The molecule has 0 spiro atoms. The Hall–Kier alpha value is -2.40. The normalized spacial score (nSPS) is 10.3. The van der Waals surface area contributed by atoms with Crippen molar-refractivity contribution in [2.45, 2.75) is 26.2 Å². The Labute approximate surface area is 152 Å². The fourth-order valence-corrected chi connectivity index (χ4v) is 2.81. The standard InChI is InChI=1S/C20H21NO3S/c1-15(22)25-14-19(23)17-10-12-18(13-11-17)21-20(24)9-5-8-16-6-3-2-4-7-16/h2-4,6-7,10-13H,5,8-9,14H2,1H3,(H,21,24). The van der Waals surface area contributed by atoms with Crippen LogP contribution in [0.1, 0.15) is 35.7 Å². The van der Waals surface area contributed by atoms with E-state index in [0.717, 1.165) is 24.6 Å². The molecule has 5 heteroatoms. The van der Waals surface area contributed by atoms with Gasteiger partial charge < -0.3 is 5.32 Å². The molecule has 0 unspecified atom stereocenters. The van der Waals surface area contributed by atoms with Crippen molar-refractivity contribution < 1.29 is 14.4 Å². The summed E-state index contributed by atoms with van der Waals surface area (Å²) < 4.78 is 0. The van der Waals surface area contributed by atoms with Crippen LogP contribution in [0.25, 0.3) is 0 Å². The van der Waals surface area contributed by atoms with Crippen molar-refractivity contribution in [2.75, 3.05) is 11.1 Å². The Bertz CT molecular complexity index is 726.